The number of carbonyl (C=O) groups is 1. The molecule has 1 atom stereocenters. The van der Waals surface area contributed by atoms with Crippen molar-refractivity contribution < 1.29 is 13.9 Å². The molecule has 1 aliphatic carbocycles. The number of halogens is 1. The van der Waals surface area contributed by atoms with Crippen LogP contribution in [0.4, 0.5) is 4.39 Å². The zero-order chi connectivity index (χ0) is 20.0. The molecule has 3 aliphatic rings. The number of fused-ring (bicyclic) bond motifs is 5. The van der Waals surface area contributed by atoms with Gasteiger partial charge in [0.2, 0.25) is 0 Å². The molecule has 4 heterocycles. The van der Waals surface area contributed by atoms with Crippen molar-refractivity contribution in [2.24, 2.45) is 0 Å². The van der Waals surface area contributed by atoms with Gasteiger partial charge in [0.15, 0.2) is 0 Å². The first-order chi connectivity index (χ1) is 14.0. The monoisotopic (exact) mass is 406 g/mol. The molecule has 0 N–H and O–H groups in total. The second kappa shape index (κ2) is 5.72. The molecule has 0 fully saturated rings. The number of esters is 1. The van der Waals surface area contributed by atoms with E-state index in [0.29, 0.717) is 11.2 Å². The van der Waals surface area contributed by atoms with Crippen molar-refractivity contribution in [3.63, 3.8) is 0 Å². The summed E-state index contributed by atoms with van der Waals surface area (Å²) >= 11 is 5.80. The summed E-state index contributed by atoms with van der Waals surface area (Å²) in [5.41, 5.74) is 8.70. The summed E-state index contributed by atoms with van der Waals surface area (Å²) in [7, 11) is 0. The number of nitrogens with zero attached hydrogens (tertiary/aromatic N) is 2. The van der Waals surface area contributed by atoms with Gasteiger partial charge in [-0.3, -0.25) is 4.79 Å². The van der Waals surface area contributed by atoms with Crippen molar-refractivity contribution in [1.82, 2.24) is 9.55 Å². The minimum absolute atomic E-state index is 0.190. The van der Waals surface area contributed by atoms with Crippen molar-refractivity contribution in [3.8, 4) is 11.4 Å². The number of hydrogen-bond donors (Lipinski definition) is 0. The number of carbonyl (C=O) groups excluding carboxylic acids is 1. The number of rotatable bonds is 0. The van der Waals surface area contributed by atoms with Gasteiger partial charge in [-0.2, -0.15) is 0 Å². The zero-order valence-corrected chi connectivity index (χ0v) is 17.1. The molecule has 3 aromatic rings. The normalized spacial score (nSPS) is 19.0. The summed E-state index contributed by atoms with van der Waals surface area (Å²) in [6.07, 6.45) is 2.88. The Morgan fingerprint density at radius 1 is 1.21 bits per heavy atom. The molecule has 146 valence electrons. The Hall–Kier alpha value is -2.60. The molecule has 29 heavy (non-hydrogen) atoms. The van der Waals surface area contributed by atoms with E-state index in [2.05, 4.69) is 4.57 Å². The SMILES string of the molecule is Cc1c(F)cc2nc3c(c4c2c1CCC4)Cn1c-3cc2c(c1=S)COC(=O)[C@H]2C. The van der Waals surface area contributed by atoms with E-state index >= 15 is 0 Å². The number of cyclic esters (lactones) is 1. The van der Waals surface area contributed by atoms with Gasteiger partial charge in [0.05, 0.1) is 29.4 Å². The fraction of sp³-hybridized carbons (Fsp3) is 0.348. The van der Waals surface area contributed by atoms with Crippen LogP contribution in [0.25, 0.3) is 22.3 Å². The summed E-state index contributed by atoms with van der Waals surface area (Å²) in [5.74, 6) is -0.760. The Balaban J connectivity index is 1.68. The van der Waals surface area contributed by atoms with Crippen LogP contribution in [0.3, 0.4) is 0 Å². The largest absolute Gasteiger partial charge is 0.460 e. The van der Waals surface area contributed by atoms with E-state index in [-0.39, 0.29) is 24.3 Å². The quantitative estimate of drug-likeness (QED) is 0.308. The van der Waals surface area contributed by atoms with E-state index in [4.69, 9.17) is 21.9 Å². The third-order valence-electron chi connectivity index (χ3n) is 6.84. The average molecular weight is 406 g/mol. The first-order valence-corrected chi connectivity index (χ1v) is 10.4. The van der Waals surface area contributed by atoms with Crippen molar-refractivity contribution in [1.29, 1.82) is 0 Å². The van der Waals surface area contributed by atoms with Crippen molar-refractivity contribution >= 4 is 29.1 Å². The van der Waals surface area contributed by atoms with Gasteiger partial charge in [-0.1, -0.05) is 12.2 Å². The Labute approximate surface area is 172 Å². The molecule has 0 radical (unpaired) electrons. The molecule has 6 heteroatoms. The molecule has 0 unspecified atom stereocenters. The Bertz CT molecular complexity index is 1340. The molecular weight excluding hydrogens is 387 g/mol. The first kappa shape index (κ1) is 17.3. The number of aromatic nitrogens is 2. The minimum atomic E-state index is -0.346. The van der Waals surface area contributed by atoms with Gasteiger partial charge in [0, 0.05) is 22.6 Å². The van der Waals surface area contributed by atoms with Gasteiger partial charge in [-0.05, 0) is 61.4 Å². The lowest BCUT2D eigenvalue weighted by Crippen LogP contribution is -2.22. The van der Waals surface area contributed by atoms with Gasteiger partial charge in [-0.25, -0.2) is 9.37 Å². The predicted octanol–water partition coefficient (Wildman–Crippen LogP) is 4.89. The fourth-order valence-corrected chi connectivity index (χ4v) is 5.59. The summed E-state index contributed by atoms with van der Waals surface area (Å²) in [4.78, 5) is 17.0. The zero-order valence-electron chi connectivity index (χ0n) is 16.3. The third kappa shape index (κ3) is 2.15. The van der Waals surface area contributed by atoms with E-state index in [9.17, 15) is 9.18 Å². The number of aryl methyl sites for hydroxylation is 2. The lowest BCUT2D eigenvalue weighted by atomic mass is 9.85. The second-order valence-corrected chi connectivity index (χ2v) is 8.70. The van der Waals surface area contributed by atoms with E-state index in [1.807, 2.05) is 19.9 Å². The smallest absolute Gasteiger partial charge is 0.313 e. The summed E-state index contributed by atoms with van der Waals surface area (Å²) < 4.78 is 22.7. The van der Waals surface area contributed by atoms with Gasteiger partial charge >= 0.3 is 5.97 Å². The highest BCUT2D eigenvalue weighted by atomic mass is 32.1. The van der Waals surface area contributed by atoms with Crippen LogP contribution in [0, 0.1) is 17.4 Å². The van der Waals surface area contributed by atoms with Crippen LogP contribution < -0.4 is 0 Å². The number of pyridine rings is 2. The molecule has 0 saturated carbocycles. The number of hydrogen-bond acceptors (Lipinski definition) is 4. The molecule has 0 amide bonds. The van der Waals surface area contributed by atoms with E-state index in [1.54, 1.807) is 6.07 Å². The average Bonchev–Trinajstić information content (AvgIpc) is 3.08. The maximum atomic E-state index is 14.6. The second-order valence-electron chi connectivity index (χ2n) is 8.31. The lowest BCUT2D eigenvalue weighted by molar-refractivity contribution is -0.147. The fourth-order valence-electron chi connectivity index (χ4n) is 5.25. The molecule has 4 nitrogen and oxygen atoms in total. The maximum absolute atomic E-state index is 14.6. The van der Waals surface area contributed by atoms with Crippen molar-refractivity contribution in [3.05, 3.63) is 56.0 Å². The van der Waals surface area contributed by atoms with Crippen LogP contribution in [0.15, 0.2) is 12.1 Å². The predicted molar refractivity (Wildman–Crippen MR) is 110 cm³/mol. The molecule has 0 saturated heterocycles. The Morgan fingerprint density at radius 3 is 2.83 bits per heavy atom. The maximum Gasteiger partial charge on any atom is 0.313 e. The summed E-state index contributed by atoms with van der Waals surface area (Å²) in [5, 5.41) is 1.13. The van der Waals surface area contributed by atoms with E-state index in [1.165, 1.54) is 11.1 Å². The van der Waals surface area contributed by atoms with Crippen LogP contribution in [0.2, 0.25) is 0 Å². The summed E-state index contributed by atoms with van der Waals surface area (Å²) in [6, 6.07) is 3.61. The van der Waals surface area contributed by atoms with Gasteiger partial charge < -0.3 is 9.30 Å². The van der Waals surface area contributed by atoms with Gasteiger partial charge in [-0.15, -0.1) is 0 Å². The highest BCUT2D eigenvalue weighted by Gasteiger charge is 2.33. The molecule has 1 aromatic carbocycles. The highest BCUT2D eigenvalue weighted by Crippen LogP contribution is 2.43. The topological polar surface area (TPSA) is 44.1 Å². The first-order valence-electron chi connectivity index (χ1n) is 10.0. The van der Waals surface area contributed by atoms with Crippen LogP contribution >= 0.6 is 12.2 Å². The highest BCUT2D eigenvalue weighted by molar-refractivity contribution is 7.71. The Morgan fingerprint density at radius 2 is 2.00 bits per heavy atom. The molecule has 0 bridgehead atoms. The van der Waals surface area contributed by atoms with Crippen LogP contribution in [0.5, 0.6) is 0 Å². The van der Waals surface area contributed by atoms with Crippen LogP contribution in [0.1, 0.15) is 52.6 Å². The van der Waals surface area contributed by atoms with Gasteiger partial charge in [0.1, 0.15) is 17.1 Å². The van der Waals surface area contributed by atoms with Gasteiger partial charge in [0.25, 0.3) is 0 Å². The van der Waals surface area contributed by atoms with E-state index < -0.39 is 0 Å². The molecule has 6 rings (SSSR count). The summed E-state index contributed by atoms with van der Waals surface area (Å²) in [6.45, 7) is 4.62. The number of benzene rings is 1. The molecule has 0 spiro atoms. The van der Waals surface area contributed by atoms with Crippen molar-refractivity contribution in [2.75, 3.05) is 0 Å². The molecular formula is C23H19FN2O2S. The van der Waals surface area contributed by atoms with Crippen LogP contribution in [-0.4, -0.2) is 15.5 Å². The molecule has 2 aromatic heterocycles. The van der Waals surface area contributed by atoms with Crippen LogP contribution in [-0.2, 0) is 35.5 Å². The standard InChI is InChI=1S/C23H19FN2O2S/c1-10-12-4-3-5-13-15-8-26-19(21(15)25-18(20(12)13)7-17(10)24)6-14-11(2)23(27)28-9-16(14)22(26)29/h6-7,11H,3-5,8-9H2,1-2H3/t11-/m0/s1. The lowest BCUT2D eigenvalue weighted by Gasteiger charge is -2.23. The molecule has 2 aliphatic heterocycles. The number of ether oxygens (including phenoxy) is 1. The minimum Gasteiger partial charge on any atom is -0.460 e. The van der Waals surface area contributed by atoms with E-state index in [0.717, 1.165) is 63.8 Å². The Kier molecular flexibility index (Phi) is 3.41. The third-order valence-corrected chi connectivity index (χ3v) is 7.31. The van der Waals surface area contributed by atoms with Crippen molar-refractivity contribution in [2.45, 2.75) is 52.2 Å².